The van der Waals surface area contributed by atoms with Gasteiger partial charge in [0.05, 0.1) is 17.6 Å². The number of carbonyl (C=O) groups excluding carboxylic acids is 1. The molecule has 1 fully saturated rings. The molecule has 1 atom stereocenters. The van der Waals surface area contributed by atoms with Gasteiger partial charge in [0, 0.05) is 24.5 Å². The summed E-state index contributed by atoms with van der Waals surface area (Å²) in [6.07, 6.45) is 2.92. The number of amides is 1. The minimum Gasteiger partial charge on any atom is -0.401 e. The fourth-order valence-electron chi connectivity index (χ4n) is 3.32. The summed E-state index contributed by atoms with van der Waals surface area (Å²) in [5, 5.41) is 9.35. The van der Waals surface area contributed by atoms with Crippen LogP contribution in [-0.2, 0) is 4.79 Å². The zero-order valence-corrected chi connectivity index (χ0v) is 13.7. The molecule has 7 heteroatoms. The number of likely N-dealkylation sites (tertiary alicyclic amines) is 1. The number of hydrogen-bond acceptors (Lipinski definition) is 4. The van der Waals surface area contributed by atoms with Gasteiger partial charge in [0.25, 0.3) is 0 Å². The van der Waals surface area contributed by atoms with Gasteiger partial charge in [-0.2, -0.15) is 0 Å². The van der Waals surface area contributed by atoms with Crippen molar-refractivity contribution in [1.82, 2.24) is 4.90 Å². The Morgan fingerprint density at radius 1 is 1.28 bits per heavy atom. The van der Waals surface area contributed by atoms with Crippen LogP contribution in [0.2, 0.25) is 0 Å². The number of aliphatic hydroxyl groups is 1. The Morgan fingerprint density at radius 3 is 2.52 bits per heavy atom. The van der Waals surface area contributed by atoms with E-state index in [0.717, 1.165) is 18.6 Å². The van der Waals surface area contributed by atoms with Crippen molar-refractivity contribution in [1.29, 1.82) is 0 Å². The first kappa shape index (κ1) is 17.4. The molecule has 25 heavy (non-hydrogen) atoms. The molecular weight excluding hydrogens is 328 g/mol. The Labute approximate surface area is 144 Å². The maximum atomic E-state index is 13.9. The molecule has 1 aromatic rings. The molecule has 1 saturated heterocycles. The molecule has 5 N–H and O–H groups in total. The van der Waals surface area contributed by atoms with Gasteiger partial charge in [0.15, 0.2) is 0 Å². The third kappa shape index (κ3) is 3.37. The number of benzene rings is 1. The average molecular weight is 349 g/mol. The van der Waals surface area contributed by atoms with Crippen LogP contribution in [0.4, 0.5) is 8.78 Å². The minimum absolute atomic E-state index is 0.0546. The van der Waals surface area contributed by atoms with Crippen LogP contribution in [0.3, 0.4) is 0 Å². The minimum atomic E-state index is -0.745. The average Bonchev–Trinajstić information content (AvgIpc) is 2.53. The normalized spacial score (nSPS) is 22.1. The highest BCUT2D eigenvalue weighted by Gasteiger charge is 2.36. The summed E-state index contributed by atoms with van der Waals surface area (Å²) in [5.74, 6) is -2.09. The van der Waals surface area contributed by atoms with Crippen molar-refractivity contribution < 1.29 is 18.7 Å². The van der Waals surface area contributed by atoms with Crippen LogP contribution in [0.1, 0.15) is 24.8 Å². The Bertz CT molecular complexity index is 734. The first-order chi connectivity index (χ1) is 11.9. The molecule has 2 aliphatic rings. The maximum Gasteiger partial charge on any atom is 0.231 e. The van der Waals surface area contributed by atoms with E-state index in [-0.39, 0.29) is 17.2 Å². The van der Waals surface area contributed by atoms with Gasteiger partial charge in [-0.05, 0) is 43.0 Å². The predicted molar refractivity (Wildman–Crippen MR) is 89.7 cm³/mol. The van der Waals surface area contributed by atoms with E-state index in [1.165, 1.54) is 12.1 Å². The number of carbonyl (C=O) groups is 1. The van der Waals surface area contributed by atoms with Crippen LogP contribution in [0.15, 0.2) is 35.5 Å². The fourth-order valence-corrected chi connectivity index (χ4v) is 3.32. The van der Waals surface area contributed by atoms with Gasteiger partial charge in [-0.15, -0.1) is 0 Å². The molecule has 1 aromatic carbocycles. The van der Waals surface area contributed by atoms with Crippen LogP contribution in [0.25, 0.3) is 5.70 Å². The van der Waals surface area contributed by atoms with Gasteiger partial charge < -0.3 is 21.5 Å². The zero-order chi connectivity index (χ0) is 18.1. The zero-order valence-electron chi connectivity index (χ0n) is 13.7. The summed E-state index contributed by atoms with van der Waals surface area (Å²) in [5.41, 5.74) is 12.7. The SMILES string of the molecule is NC1=C(/C=C(\N)c2c(F)cccc2F)CCCC1C(=O)N1CC(O)C1. The smallest absolute Gasteiger partial charge is 0.231 e. The molecule has 1 aliphatic heterocycles. The monoisotopic (exact) mass is 349 g/mol. The summed E-state index contributed by atoms with van der Waals surface area (Å²) < 4.78 is 27.7. The molecule has 1 aliphatic carbocycles. The van der Waals surface area contributed by atoms with Gasteiger partial charge in [0.1, 0.15) is 11.6 Å². The lowest BCUT2D eigenvalue weighted by Crippen LogP contribution is -2.56. The molecule has 1 unspecified atom stereocenters. The van der Waals surface area contributed by atoms with Crippen molar-refractivity contribution in [2.24, 2.45) is 17.4 Å². The highest BCUT2D eigenvalue weighted by molar-refractivity contribution is 5.83. The number of β-amino-alcohol motifs (C(OH)–C–C–N with tert-alkyl or cyclic N) is 1. The van der Waals surface area contributed by atoms with E-state index in [9.17, 15) is 18.7 Å². The molecular formula is C18H21F2N3O2. The summed E-state index contributed by atoms with van der Waals surface area (Å²) in [7, 11) is 0. The Hall–Kier alpha value is -2.41. The molecule has 0 saturated carbocycles. The third-order valence-corrected chi connectivity index (χ3v) is 4.74. The van der Waals surface area contributed by atoms with Crippen LogP contribution < -0.4 is 11.5 Å². The van der Waals surface area contributed by atoms with Crippen molar-refractivity contribution in [3.05, 3.63) is 52.7 Å². The van der Waals surface area contributed by atoms with E-state index in [4.69, 9.17) is 11.5 Å². The number of allylic oxidation sites excluding steroid dienone is 2. The Kier molecular flexibility index (Phi) is 4.76. The quantitative estimate of drug-likeness (QED) is 0.771. The van der Waals surface area contributed by atoms with E-state index in [0.29, 0.717) is 37.2 Å². The molecule has 0 aromatic heterocycles. The molecule has 0 bridgehead atoms. The molecule has 5 nitrogen and oxygen atoms in total. The predicted octanol–water partition coefficient (Wildman–Crippen LogP) is 1.48. The van der Waals surface area contributed by atoms with Gasteiger partial charge in [-0.25, -0.2) is 8.78 Å². The lowest BCUT2D eigenvalue weighted by molar-refractivity contribution is -0.144. The van der Waals surface area contributed by atoms with E-state index in [1.54, 1.807) is 4.90 Å². The molecule has 134 valence electrons. The summed E-state index contributed by atoms with van der Waals surface area (Å²) in [6, 6.07) is 3.55. The Balaban J connectivity index is 1.87. The van der Waals surface area contributed by atoms with Crippen LogP contribution >= 0.6 is 0 Å². The largest absolute Gasteiger partial charge is 0.401 e. The van der Waals surface area contributed by atoms with E-state index < -0.39 is 23.7 Å². The lowest BCUT2D eigenvalue weighted by atomic mass is 9.85. The first-order valence-electron chi connectivity index (χ1n) is 8.25. The number of nitrogens with two attached hydrogens (primary N) is 2. The number of aliphatic hydroxyl groups excluding tert-OH is 1. The van der Waals surface area contributed by atoms with Crippen LogP contribution in [0, 0.1) is 17.6 Å². The number of hydrogen-bond donors (Lipinski definition) is 3. The van der Waals surface area contributed by atoms with Gasteiger partial charge in [0.2, 0.25) is 5.91 Å². The van der Waals surface area contributed by atoms with Crippen molar-refractivity contribution >= 4 is 11.6 Å². The topological polar surface area (TPSA) is 92.6 Å². The highest BCUT2D eigenvalue weighted by atomic mass is 19.1. The highest BCUT2D eigenvalue weighted by Crippen LogP contribution is 2.32. The van der Waals surface area contributed by atoms with E-state index in [2.05, 4.69) is 0 Å². The maximum absolute atomic E-state index is 13.9. The van der Waals surface area contributed by atoms with Crippen molar-refractivity contribution in [2.75, 3.05) is 13.1 Å². The number of halogens is 2. The molecule has 3 rings (SSSR count). The summed E-state index contributed by atoms with van der Waals surface area (Å²) in [6.45, 7) is 0.632. The van der Waals surface area contributed by atoms with Gasteiger partial charge >= 0.3 is 0 Å². The van der Waals surface area contributed by atoms with Crippen LogP contribution in [0.5, 0.6) is 0 Å². The van der Waals surface area contributed by atoms with Crippen LogP contribution in [-0.4, -0.2) is 35.1 Å². The second-order valence-corrected chi connectivity index (χ2v) is 6.52. The molecule has 1 heterocycles. The summed E-state index contributed by atoms with van der Waals surface area (Å²) in [4.78, 5) is 14.0. The molecule has 1 amide bonds. The second-order valence-electron chi connectivity index (χ2n) is 6.52. The van der Waals surface area contributed by atoms with E-state index >= 15 is 0 Å². The molecule has 0 spiro atoms. The fraction of sp³-hybridized carbons (Fsp3) is 0.389. The number of nitrogens with zero attached hydrogens (tertiary/aromatic N) is 1. The summed E-state index contributed by atoms with van der Waals surface area (Å²) >= 11 is 0. The second kappa shape index (κ2) is 6.84. The van der Waals surface area contributed by atoms with Gasteiger partial charge in [-0.3, -0.25) is 4.79 Å². The first-order valence-corrected chi connectivity index (χ1v) is 8.25. The third-order valence-electron chi connectivity index (χ3n) is 4.74. The van der Waals surface area contributed by atoms with E-state index in [1.807, 2.05) is 0 Å². The van der Waals surface area contributed by atoms with Crippen molar-refractivity contribution in [3.63, 3.8) is 0 Å². The van der Waals surface area contributed by atoms with Gasteiger partial charge in [-0.1, -0.05) is 6.07 Å². The Morgan fingerprint density at radius 2 is 1.92 bits per heavy atom. The van der Waals surface area contributed by atoms with Crippen molar-refractivity contribution in [2.45, 2.75) is 25.4 Å². The lowest BCUT2D eigenvalue weighted by Gasteiger charge is -2.39. The number of rotatable bonds is 3. The standard InChI is InChI=1S/C18H21F2N3O2/c19-13-5-2-6-14(20)16(13)15(21)7-10-3-1-4-12(17(10)22)18(25)23-8-11(24)9-23/h2,5-7,11-12,24H,1,3-4,8-9,21-22H2/b15-7-. The molecule has 0 radical (unpaired) electrons. The van der Waals surface area contributed by atoms with Crippen molar-refractivity contribution in [3.8, 4) is 0 Å².